The average molecular weight is 566 g/mol. The Morgan fingerprint density at radius 3 is 2.41 bits per heavy atom. The molecule has 218 valence electrons. The lowest BCUT2D eigenvalue weighted by molar-refractivity contribution is -0.152. The summed E-state index contributed by atoms with van der Waals surface area (Å²) in [4.78, 5) is 37.7. The molecule has 0 bridgehead atoms. The molecule has 0 spiro atoms. The average Bonchev–Trinajstić information content (AvgIpc) is 3.27. The highest BCUT2D eigenvalue weighted by Crippen LogP contribution is 2.21. The summed E-state index contributed by atoms with van der Waals surface area (Å²) in [5, 5.41) is 10.3. The molecule has 0 unspecified atom stereocenters. The molecule has 1 aromatic rings. The molecule has 2 rings (SSSR count). The zero-order valence-corrected chi connectivity index (χ0v) is 24.0. The van der Waals surface area contributed by atoms with Crippen molar-refractivity contribution in [3.63, 3.8) is 0 Å². The first-order valence-electron chi connectivity index (χ1n) is 14.2. The predicted octanol–water partition coefficient (Wildman–Crippen LogP) is 5.24. The van der Waals surface area contributed by atoms with Crippen molar-refractivity contribution < 1.29 is 33.4 Å². The van der Waals surface area contributed by atoms with Gasteiger partial charge in [0.05, 0.1) is 12.1 Å². The van der Waals surface area contributed by atoms with E-state index in [9.17, 15) is 23.9 Å². The fourth-order valence-electron chi connectivity index (χ4n) is 4.34. The van der Waals surface area contributed by atoms with Gasteiger partial charge in [-0.3, -0.25) is 14.4 Å². The summed E-state index contributed by atoms with van der Waals surface area (Å²) < 4.78 is 23.3. The van der Waals surface area contributed by atoms with Crippen LogP contribution < -0.4 is 0 Å². The van der Waals surface area contributed by atoms with Gasteiger partial charge in [-0.2, -0.15) is 11.8 Å². The molecule has 1 saturated heterocycles. The first kappa shape index (κ1) is 32.8. The van der Waals surface area contributed by atoms with Gasteiger partial charge < -0.3 is 19.5 Å². The third kappa shape index (κ3) is 14.5. The number of halogens is 1. The van der Waals surface area contributed by atoms with Crippen LogP contribution >= 0.6 is 11.8 Å². The van der Waals surface area contributed by atoms with Gasteiger partial charge in [0.15, 0.2) is 0 Å². The van der Waals surface area contributed by atoms with Gasteiger partial charge in [0.2, 0.25) is 5.91 Å². The lowest BCUT2D eigenvalue weighted by Gasteiger charge is -2.22. The molecule has 1 N–H and O–H groups in total. The fourth-order valence-corrected chi connectivity index (χ4v) is 5.22. The number of hydrogen-bond acceptors (Lipinski definition) is 7. The van der Waals surface area contributed by atoms with E-state index in [4.69, 9.17) is 9.47 Å². The molecule has 1 aromatic carbocycles. The quantitative estimate of drug-likeness (QED) is 0.131. The van der Waals surface area contributed by atoms with Crippen LogP contribution in [0, 0.1) is 5.82 Å². The summed E-state index contributed by atoms with van der Waals surface area (Å²) in [6.07, 6.45) is 11.3. The van der Waals surface area contributed by atoms with Crippen molar-refractivity contribution >= 4 is 29.6 Å². The van der Waals surface area contributed by atoms with Gasteiger partial charge in [0.1, 0.15) is 19.0 Å². The molecule has 1 fully saturated rings. The van der Waals surface area contributed by atoms with Gasteiger partial charge in [-0.25, -0.2) is 4.39 Å². The van der Waals surface area contributed by atoms with Crippen molar-refractivity contribution in [3.05, 3.63) is 47.8 Å². The van der Waals surface area contributed by atoms with Crippen molar-refractivity contribution in [3.8, 4) is 0 Å². The number of hydrogen-bond donors (Lipinski definition) is 1. The molecule has 1 aliphatic heterocycles. The fraction of sp³-hybridized carbons (Fsp3) is 0.633. The zero-order chi connectivity index (χ0) is 28.3. The van der Waals surface area contributed by atoms with E-state index in [0.29, 0.717) is 38.6 Å². The Morgan fingerprint density at radius 2 is 1.72 bits per heavy atom. The number of esters is 2. The standard InChI is InChI=1S/C30H44FNO6S/c1-2-3-4-5-6-8-29(35)37-19-20-38-30(36)9-7-21-39-22-18-32-26(15-17-28(32)34)14-16-27(33)23-24-10-12-25(31)13-11-24/h10-14,16,26-27,33H,2-9,15,17-23H2,1H3/t26-,27+/m0/s1. The number of thioether (sulfide) groups is 1. The summed E-state index contributed by atoms with van der Waals surface area (Å²) >= 11 is 1.68. The molecule has 39 heavy (non-hydrogen) atoms. The normalized spacial score (nSPS) is 16.1. The van der Waals surface area contributed by atoms with E-state index in [1.807, 2.05) is 11.0 Å². The molecule has 1 amide bonds. The second kappa shape index (κ2) is 19.6. The largest absolute Gasteiger partial charge is 0.462 e. The summed E-state index contributed by atoms with van der Waals surface area (Å²) in [7, 11) is 0. The molecule has 0 saturated carbocycles. The van der Waals surface area contributed by atoms with E-state index in [1.165, 1.54) is 25.0 Å². The van der Waals surface area contributed by atoms with Crippen molar-refractivity contribution in [1.82, 2.24) is 4.90 Å². The van der Waals surface area contributed by atoms with Crippen molar-refractivity contribution in [2.24, 2.45) is 0 Å². The Morgan fingerprint density at radius 1 is 1.05 bits per heavy atom. The van der Waals surface area contributed by atoms with Gasteiger partial charge in [-0.15, -0.1) is 0 Å². The van der Waals surface area contributed by atoms with Crippen LogP contribution in [0.2, 0.25) is 0 Å². The van der Waals surface area contributed by atoms with Crippen LogP contribution in [0.5, 0.6) is 0 Å². The molecule has 1 heterocycles. The maximum atomic E-state index is 13.0. The lowest BCUT2D eigenvalue weighted by Crippen LogP contribution is -2.34. The SMILES string of the molecule is CCCCCCCC(=O)OCCOC(=O)CCCSCCN1C(=O)CC[C@@H]1C=C[C@@H](O)Cc1ccc(F)cc1. The van der Waals surface area contributed by atoms with Crippen LogP contribution in [0.15, 0.2) is 36.4 Å². The maximum Gasteiger partial charge on any atom is 0.305 e. The number of carbonyl (C=O) groups is 3. The minimum atomic E-state index is -0.700. The van der Waals surface area contributed by atoms with E-state index in [2.05, 4.69) is 6.92 Å². The summed E-state index contributed by atoms with van der Waals surface area (Å²) in [5.41, 5.74) is 0.847. The number of amides is 1. The maximum absolute atomic E-state index is 13.0. The zero-order valence-electron chi connectivity index (χ0n) is 23.2. The monoisotopic (exact) mass is 565 g/mol. The highest BCUT2D eigenvalue weighted by atomic mass is 32.2. The van der Waals surface area contributed by atoms with Crippen LogP contribution in [0.4, 0.5) is 4.39 Å². The van der Waals surface area contributed by atoms with Crippen LogP contribution in [-0.4, -0.2) is 71.3 Å². The van der Waals surface area contributed by atoms with E-state index >= 15 is 0 Å². The third-order valence-electron chi connectivity index (χ3n) is 6.53. The molecular weight excluding hydrogens is 521 g/mol. The van der Waals surface area contributed by atoms with Gasteiger partial charge in [0, 0.05) is 38.0 Å². The topological polar surface area (TPSA) is 93.1 Å². The highest BCUT2D eigenvalue weighted by Gasteiger charge is 2.28. The van der Waals surface area contributed by atoms with Gasteiger partial charge >= 0.3 is 11.9 Å². The predicted molar refractivity (Wildman–Crippen MR) is 152 cm³/mol. The van der Waals surface area contributed by atoms with E-state index in [-0.39, 0.29) is 42.9 Å². The molecule has 1 aliphatic rings. The number of likely N-dealkylation sites (tertiary alicyclic amines) is 1. The van der Waals surface area contributed by atoms with E-state index < -0.39 is 6.10 Å². The van der Waals surface area contributed by atoms with Crippen LogP contribution in [-0.2, 0) is 30.3 Å². The number of rotatable bonds is 20. The van der Waals surface area contributed by atoms with Crippen molar-refractivity contribution in [2.75, 3.05) is 31.3 Å². The summed E-state index contributed by atoms with van der Waals surface area (Å²) in [6, 6.07) is 6.03. The molecule has 0 radical (unpaired) electrons. The van der Waals surface area contributed by atoms with Gasteiger partial charge in [-0.1, -0.05) is 56.9 Å². The van der Waals surface area contributed by atoms with Crippen LogP contribution in [0.3, 0.4) is 0 Å². The lowest BCUT2D eigenvalue weighted by atomic mass is 10.1. The molecular formula is C30H44FNO6S. The first-order chi connectivity index (χ1) is 18.9. The molecule has 9 heteroatoms. The number of aliphatic hydroxyl groups excluding tert-OH is 1. The number of unbranched alkanes of at least 4 members (excludes halogenated alkanes) is 4. The smallest absolute Gasteiger partial charge is 0.305 e. The molecule has 0 aromatic heterocycles. The Balaban J connectivity index is 1.52. The number of ether oxygens (including phenoxy) is 2. The molecule has 2 atom stereocenters. The highest BCUT2D eigenvalue weighted by molar-refractivity contribution is 7.99. The minimum Gasteiger partial charge on any atom is -0.462 e. The molecule has 0 aliphatic carbocycles. The Labute approximate surface area is 236 Å². The number of benzene rings is 1. The second-order valence-corrected chi connectivity index (χ2v) is 11.0. The number of nitrogens with zero attached hydrogens (tertiary/aromatic N) is 1. The van der Waals surface area contributed by atoms with Crippen LogP contribution in [0.1, 0.15) is 76.7 Å². The van der Waals surface area contributed by atoms with Crippen molar-refractivity contribution in [1.29, 1.82) is 0 Å². The Hall–Kier alpha value is -2.39. The summed E-state index contributed by atoms with van der Waals surface area (Å²) in [5.74, 6) is 0.803. The first-order valence-corrected chi connectivity index (χ1v) is 15.3. The summed E-state index contributed by atoms with van der Waals surface area (Å²) in [6.45, 7) is 2.94. The van der Waals surface area contributed by atoms with E-state index in [1.54, 1.807) is 30.0 Å². The van der Waals surface area contributed by atoms with Gasteiger partial charge in [-0.05, 0) is 42.7 Å². The van der Waals surface area contributed by atoms with E-state index in [0.717, 1.165) is 42.8 Å². The Bertz CT molecular complexity index is 894. The van der Waals surface area contributed by atoms with Crippen molar-refractivity contribution in [2.45, 2.75) is 89.7 Å². The second-order valence-electron chi connectivity index (χ2n) is 9.80. The Kier molecular flexibility index (Phi) is 16.5. The number of aliphatic hydroxyl groups is 1. The van der Waals surface area contributed by atoms with Gasteiger partial charge in [0.25, 0.3) is 0 Å². The molecule has 7 nitrogen and oxygen atoms in total. The third-order valence-corrected chi connectivity index (χ3v) is 7.58. The van der Waals surface area contributed by atoms with Crippen LogP contribution in [0.25, 0.3) is 0 Å². The minimum absolute atomic E-state index is 0.0360. The number of carbonyl (C=O) groups excluding carboxylic acids is 3.